The summed E-state index contributed by atoms with van der Waals surface area (Å²) in [7, 11) is 0. The Labute approximate surface area is 114 Å². The van der Waals surface area contributed by atoms with Gasteiger partial charge in [0.1, 0.15) is 0 Å². The van der Waals surface area contributed by atoms with Gasteiger partial charge in [0, 0.05) is 11.7 Å². The summed E-state index contributed by atoms with van der Waals surface area (Å²) in [4.78, 5) is 11.1. The quantitative estimate of drug-likeness (QED) is 0.790. The summed E-state index contributed by atoms with van der Waals surface area (Å²) < 4.78 is 0. The van der Waals surface area contributed by atoms with Crippen molar-refractivity contribution >= 4 is 23.2 Å². The van der Waals surface area contributed by atoms with Crippen molar-refractivity contribution in [2.24, 2.45) is 5.73 Å². The van der Waals surface area contributed by atoms with E-state index < -0.39 is 5.91 Å². The first-order valence-corrected chi connectivity index (χ1v) is 6.82. The average Bonchev–Trinajstić information content (AvgIpc) is 2.29. The van der Waals surface area contributed by atoms with E-state index in [2.05, 4.69) is 19.2 Å². The van der Waals surface area contributed by atoms with Crippen LogP contribution in [0.5, 0.6) is 0 Å². The van der Waals surface area contributed by atoms with Crippen molar-refractivity contribution in [2.75, 3.05) is 5.32 Å². The number of rotatable bonds is 7. The van der Waals surface area contributed by atoms with Gasteiger partial charge in [0.25, 0.3) is 0 Å². The van der Waals surface area contributed by atoms with Crippen LogP contribution in [-0.2, 0) is 0 Å². The Hall–Kier alpha value is -1.22. The number of hydrogen-bond acceptors (Lipinski definition) is 2. The van der Waals surface area contributed by atoms with Crippen LogP contribution < -0.4 is 11.1 Å². The molecule has 0 fully saturated rings. The maximum atomic E-state index is 11.1. The first kappa shape index (κ1) is 14.8. The summed E-state index contributed by atoms with van der Waals surface area (Å²) in [5.41, 5.74) is 6.52. The number of primary amides is 1. The lowest BCUT2D eigenvalue weighted by Gasteiger charge is -2.19. The summed E-state index contributed by atoms with van der Waals surface area (Å²) in [6.07, 6.45) is 4.54. The van der Waals surface area contributed by atoms with Crippen LogP contribution in [0.2, 0.25) is 5.02 Å². The van der Waals surface area contributed by atoms with Gasteiger partial charge in [0.05, 0.1) is 10.6 Å². The van der Waals surface area contributed by atoms with Crippen molar-refractivity contribution in [1.82, 2.24) is 0 Å². The molecule has 1 rings (SSSR count). The first-order valence-electron chi connectivity index (χ1n) is 6.44. The molecule has 1 amide bonds. The molecular formula is C14H21ClN2O. The fourth-order valence-corrected chi connectivity index (χ4v) is 2.30. The summed E-state index contributed by atoms with van der Waals surface area (Å²) in [6.45, 7) is 4.35. The largest absolute Gasteiger partial charge is 0.382 e. The third-order valence-electron chi connectivity index (χ3n) is 2.88. The van der Waals surface area contributed by atoms with E-state index in [0.717, 1.165) is 31.4 Å². The van der Waals surface area contributed by atoms with E-state index in [1.807, 2.05) is 6.07 Å². The predicted octanol–water partition coefficient (Wildman–Crippen LogP) is 3.82. The highest BCUT2D eigenvalue weighted by molar-refractivity contribution is 6.34. The molecule has 0 spiro atoms. The minimum Gasteiger partial charge on any atom is -0.382 e. The lowest BCUT2D eigenvalue weighted by atomic mass is 10.1. The molecule has 100 valence electrons. The van der Waals surface area contributed by atoms with E-state index in [4.69, 9.17) is 17.3 Å². The van der Waals surface area contributed by atoms with Gasteiger partial charge < -0.3 is 11.1 Å². The number of anilines is 1. The Balaban J connectivity index is 2.77. The number of nitrogens with one attached hydrogen (secondary N) is 1. The van der Waals surface area contributed by atoms with Crippen LogP contribution >= 0.6 is 11.6 Å². The Kier molecular flexibility index (Phi) is 5.99. The molecule has 0 atom stereocenters. The third-order valence-corrected chi connectivity index (χ3v) is 3.19. The minimum absolute atomic E-state index is 0.366. The molecule has 0 aliphatic carbocycles. The highest BCUT2D eigenvalue weighted by Gasteiger charge is 2.10. The molecule has 4 heteroatoms. The Morgan fingerprint density at radius 1 is 1.33 bits per heavy atom. The molecule has 0 saturated carbocycles. The molecule has 1 aromatic carbocycles. The molecule has 0 heterocycles. The van der Waals surface area contributed by atoms with Crippen LogP contribution in [0, 0.1) is 0 Å². The third kappa shape index (κ3) is 4.22. The van der Waals surface area contributed by atoms with Crippen molar-refractivity contribution in [1.29, 1.82) is 0 Å². The highest BCUT2D eigenvalue weighted by atomic mass is 35.5. The first-order chi connectivity index (χ1) is 8.58. The molecule has 0 aliphatic heterocycles. The fourth-order valence-electron chi connectivity index (χ4n) is 2.03. The van der Waals surface area contributed by atoms with Crippen molar-refractivity contribution < 1.29 is 4.79 Å². The smallest absolute Gasteiger partial charge is 0.250 e. The SMILES string of the molecule is CCCC(CCC)Nc1ccc(C(N)=O)c(Cl)c1. The van der Waals surface area contributed by atoms with Gasteiger partial charge in [0.2, 0.25) is 5.91 Å². The summed E-state index contributed by atoms with van der Waals surface area (Å²) in [6, 6.07) is 5.74. The summed E-state index contributed by atoms with van der Waals surface area (Å²) in [5.74, 6) is -0.495. The molecule has 18 heavy (non-hydrogen) atoms. The van der Waals surface area contributed by atoms with Crippen LogP contribution in [-0.4, -0.2) is 11.9 Å². The number of hydrogen-bond donors (Lipinski definition) is 2. The molecular weight excluding hydrogens is 248 g/mol. The topological polar surface area (TPSA) is 55.1 Å². The molecule has 0 bridgehead atoms. The van der Waals surface area contributed by atoms with E-state index >= 15 is 0 Å². The average molecular weight is 269 g/mol. The molecule has 3 nitrogen and oxygen atoms in total. The number of carbonyl (C=O) groups is 1. The number of halogens is 1. The normalized spacial score (nSPS) is 10.7. The second kappa shape index (κ2) is 7.27. The van der Waals surface area contributed by atoms with Crippen molar-refractivity contribution in [2.45, 2.75) is 45.6 Å². The van der Waals surface area contributed by atoms with Gasteiger partial charge in [-0.3, -0.25) is 4.79 Å². The van der Waals surface area contributed by atoms with E-state index in [0.29, 0.717) is 16.6 Å². The molecule has 0 unspecified atom stereocenters. The van der Waals surface area contributed by atoms with Gasteiger partial charge in [-0.15, -0.1) is 0 Å². The van der Waals surface area contributed by atoms with E-state index in [1.165, 1.54) is 0 Å². The second-order valence-electron chi connectivity index (χ2n) is 4.48. The zero-order chi connectivity index (χ0) is 13.5. The number of amides is 1. The number of benzene rings is 1. The Bertz CT molecular complexity index is 401. The number of carbonyl (C=O) groups excluding carboxylic acids is 1. The molecule has 0 radical (unpaired) electrons. The van der Waals surface area contributed by atoms with Gasteiger partial charge in [-0.05, 0) is 31.0 Å². The molecule has 0 aromatic heterocycles. The predicted molar refractivity (Wildman–Crippen MR) is 77.2 cm³/mol. The lowest BCUT2D eigenvalue weighted by Crippen LogP contribution is -2.19. The van der Waals surface area contributed by atoms with Crippen molar-refractivity contribution in [3.8, 4) is 0 Å². The lowest BCUT2D eigenvalue weighted by molar-refractivity contribution is 0.100. The monoisotopic (exact) mass is 268 g/mol. The zero-order valence-electron chi connectivity index (χ0n) is 11.0. The summed E-state index contributed by atoms with van der Waals surface area (Å²) in [5, 5.41) is 3.85. The summed E-state index contributed by atoms with van der Waals surface area (Å²) >= 11 is 6.02. The highest BCUT2D eigenvalue weighted by Crippen LogP contribution is 2.22. The Morgan fingerprint density at radius 2 is 1.94 bits per heavy atom. The molecule has 1 aromatic rings. The van der Waals surface area contributed by atoms with Crippen LogP contribution in [0.15, 0.2) is 18.2 Å². The maximum absolute atomic E-state index is 11.1. The maximum Gasteiger partial charge on any atom is 0.250 e. The van der Waals surface area contributed by atoms with Gasteiger partial charge in [-0.2, -0.15) is 0 Å². The molecule has 3 N–H and O–H groups in total. The van der Waals surface area contributed by atoms with E-state index in [9.17, 15) is 4.79 Å². The molecule has 0 aliphatic rings. The molecule has 0 saturated heterocycles. The van der Waals surface area contributed by atoms with E-state index in [1.54, 1.807) is 12.1 Å². The van der Waals surface area contributed by atoms with Crippen molar-refractivity contribution in [3.05, 3.63) is 28.8 Å². The van der Waals surface area contributed by atoms with Crippen LogP contribution in [0.1, 0.15) is 49.9 Å². The minimum atomic E-state index is -0.495. The van der Waals surface area contributed by atoms with Crippen LogP contribution in [0.3, 0.4) is 0 Å². The van der Waals surface area contributed by atoms with Crippen LogP contribution in [0.4, 0.5) is 5.69 Å². The van der Waals surface area contributed by atoms with Gasteiger partial charge >= 0.3 is 0 Å². The van der Waals surface area contributed by atoms with E-state index in [-0.39, 0.29) is 0 Å². The fraction of sp³-hybridized carbons (Fsp3) is 0.500. The van der Waals surface area contributed by atoms with Gasteiger partial charge in [0.15, 0.2) is 0 Å². The standard InChI is InChI=1S/C14H21ClN2O/c1-3-5-10(6-4-2)17-11-7-8-12(14(16)18)13(15)9-11/h7-10,17H,3-6H2,1-2H3,(H2,16,18). The van der Waals surface area contributed by atoms with Crippen LogP contribution in [0.25, 0.3) is 0 Å². The second-order valence-corrected chi connectivity index (χ2v) is 4.88. The van der Waals surface area contributed by atoms with Crippen molar-refractivity contribution in [3.63, 3.8) is 0 Å². The Morgan fingerprint density at radius 3 is 2.39 bits per heavy atom. The van der Waals surface area contributed by atoms with Gasteiger partial charge in [-0.25, -0.2) is 0 Å². The van der Waals surface area contributed by atoms with Gasteiger partial charge in [-0.1, -0.05) is 38.3 Å². The zero-order valence-corrected chi connectivity index (χ0v) is 11.8. The number of nitrogens with two attached hydrogens (primary N) is 1.